The predicted molar refractivity (Wildman–Crippen MR) is 52.4 cm³/mol. The number of halogens is 1. The van der Waals surface area contributed by atoms with Crippen LogP contribution in [0.5, 0.6) is 0 Å². The van der Waals surface area contributed by atoms with Crippen molar-refractivity contribution in [3.05, 3.63) is 34.5 Å². The largest absolute Gasteiger partial charge is 0.392 e. The molecule has 0 unspecified atom stereocenters. The zero-order chi connectivity index (χ0) is 9.42. The molecule has 0 aliphatic carbocycles. The van der Waals surface area contributed by atoms with Crippen LogP contribution in [0.2, 0.25) is 0 Å². The minimum absolute atomic E-state index is 0.0334. The summed E-state index contributed by atoms with van der Waals surface area (Å²) in [6, 6.07) is 5.29. The third-order valence-corrected chi connectivity index (χ3v) is 2.88. The highest BCUT2D eigenvalue weighted by atomic mass is 32.1. The molecular formula is C10H9FOS. The molecule has 1 nitrogen and oxygen atoms in total. The number of thiophene rings is 1. The molecule has 3 heteroatoms. The van der Waals surface area contributed by atoms with E-state index in [9.17, 15) is 4.39 Å². The molecule has 0 saturated carbocycles. The van der Waals surface area contributed by atoms with Crippen LogP contribution < -0.4 is 0 Å². The van der Waals surface area contributed by atoms with Crippen LogP contribution in [-0.4, -0.2) is 5.11 Å². The average molecular weight is 196 g/mol. The summed E-state index contributed by atoms with van der Waals surface area (Å²) in [5, 5.41) is 9.68. The quantitative estimate of drug-likeness (QED) is 0.743. The van der Waals surface area contributed by atoms with Gasteiger partial charge in [0.2, 0.25) is 0 Å². The summed E-state index contributed by atoms with van der Waals surface area (Å²) in [5.74, 6) is 0. The minimum Gasteiger partial charge on any atom is -0.392 e. The number of fused-ring (bicyclic) bond motifs is 1. The van der Waals surface area contributed by atoms with Gasteiger partial charge in [-0.25, -0.2) is 0 Å². The Labute approximate surface area is 79.4 Å². The summed E-state index contributed by atoms with van der Waals surface area (Å²) in [5.41, 5.74) is 1.86. The second-order valence-corrected chi connectivity index (χ2v) is 4.08. The van der Waals surface area contributed by atoms with Crippen molar-refractivity contribution in [2.45, 2.75) is 13.5 Å². The maximum atomic E-state index is 12.9. The Balaban J connectivity index is 2.80. The molecule has 0 bridgehead atoms. The SMILES string of the molecule is Cc1cc(CO)c2cc(F)sc2c1. The lowest BCUT2D eigenvalue weighted by Gasteiger charge is -2.00. The smallest absolute Gasteiger partial charge is 0.177 e. The molecule has 0 fully saturated rings. The molecule has 0 saturated heterocycles. The van der Waals surface area contributed by atoms with E-state index in [0.29, 0.717) is 0 Å². The van der Waals surface area contributed by atoms with Crippen molar-refractivity contribution in [2.75, 3.05) is 0 Å². The molecule has 0 aliphatic heterocycles. The molecule has 0 radical (unpaired) electrons. The predicted octanol–water partition coefficient (Wildman–Crippen LogP) is 2.84. The van der Waals surface area contributed by atoms with E-state index in [4.69, 9.17) is 5.11 Å². The van der Waals surface area contributed by atoms with E-state index in [2.05, 4.69) is 0 Å². The zero-order valence-electron chi connectivity index (χ0n) is 7.17. The first-order chi connectivity index (χ1) is 6.20. The molecule has 1 heterocycles. The first-order valence-electron chi connectivity index (χ1n) is 4.00. The molecule has 1 N–H and O–H groups in total. The summed E-state index contributed by atoms with van der Waals surface area (Å²) < 4.78 is 13.8. The van der Waals surface area contributed by atoms with Gasteiger partial charge in [-0.15, -0.1) is 11.3 Å². The van der Waals surface area contributed by atoms with Gasteiger partial charge >= 0.3 is 0 Å². The molecule has 1 aromatic carbocycles. The van der Waals surface area contributed by atoms with E-state index in [0.717, 1.165) is 32.5 Å². The van der Waals surface area contributed by atoms with Gasteiger partial charge in [-0.1, -0.05) is 6.07 Å². The molecule has 13 heavy (non-hydrogen) atoms. The summed E-state index contributed by atoms with van der Waals surface area (Å²) in [6.07, 6.45) is 0. The Hall–Kier alpha value is -0.930. The van der Waals surface area contributed by atoms with E-state index >= 15 is 0 Å². The number of aryl methyl sites for hydroxylation is 1. The lowest BCUT2D eigenvalue weighted by molar-refractivity contribution is 0.283. The third kappa shape index (κ3) is 1.45. The maximum absolute atomic E-state index is 12.9. The van der Waals surface area contributed by atoms with Gasteiger partial charge in [-0.3, -0.25) is 0 Å². The first kappa shape index (κ1) is 8.66. The van der Waals surface area contributed by atoms with Gasteiger partial charge in [0.15, 0.2) is 5.13 Å². The lowest BCUT2D eigenvalue weighted by Crippen LogP contribution is -1.84. The van der Waals surface area contributed by atoms with Crippen molar-refractivity contribution in [3.8, 4) is 0 Å². The van der Waals surface area contributed by atoms with Gasteiger partial charge in [0.05, 0.1) is 6.61 Å². The highest BCUT2D eigenvalue weighted by Gasteiger charge is 2.06. The molecule has 0 spiro atoms. The van der Waals surface area contributed by atoms with Crippen LogP contribution >= 0.6 is 11.3 Å². The second kappa shape index (κ2) is 3.09. The fraction of sp³-hybridized carbons (Fsp3) is 0.200. The van der Waals surface area contributed by atoms with Crippen LogP contribution in [0, 0.1) is 12.1 Å². The van der Waals surface area contributed by atoms with Crippen LogP contribution in [0.1, 0.15) is 11.1 Å². The van der Waals surface area contributed by atoms with Crippen LogP contribution in [0.25, 0.3) is 10.1 Å². The Kier molecular flexibility index (Phi) is 2.06. The summed E-state index contributed by atoms with van der Waals surface area (Å²) >= 11 is 1.12. The van der Waals surface area contributed by atoms with Crippen molar-refractivity contribution < 1.29 is 9.50 Å². The zero-order valence-corrected chi connectivity index (χ0v) is 7.99. The molecule has 0 amide bonds. The monoisotopic (exact) mass is 196 g/mol. The van der Waals surface area contributed by atoms with E-state index < -0.39 is 0 Å². The Morgan fingerprint density at radius 1 is 1.38 bits per heavy atom. The highest BCUT2D eigenvalue weighted by molar-refractivity contribution is 7.17. The van der Waals surface area contributed by atoms with Gasteiger partial charge in [-0.05, 0) is 30.2 Å². The van der Waals surface area contributed by atoms with Crippen molar-refractivity contribution in [2.24, 2.45) is 0 Å². The number of hydrogen-bond donors (Lipinski definition) is 1. The maximum Gasteiger partial charge on any atom is 0.177 e. The standard InChI is InChI=1S/C10H9FOS/c1-6-2-7(5-12)8-4-10(11)13-9(8)3-6/h2-4,12H,5H2,1H3. The summed E-state index contributed by atoms with van der Waals surface area (Å²) in [4.78, 5) is 0. The molecule has 2 aromatic rings. The van der Waals surface area contributed by atoms with Crippen molar-refractivity contribution >= 4 is 21.4 Å². The summed E-state index contributed by atoms with van der Waals surface area (Å²) in [7, 11) is 0. The molecule has 0 aliphatic rings. The van der Waals surface area contributed by atoms with E-state index in [1.54, 1.807) is 0 Å². The topological polar surface area (TPSA) is 20.2 Å². The lowest BCUT2D eigenvalue weighted by atomic mass is 10.1. The number of rotatable bonds is 1. The minimum atomic E-state index is -0.199. The third-order valence-electron chi connectivity index (χ3n) is 2.01. The van der Waals surface area contributed by atoms with E-state index in [1.165, 1.54) is 6.07 Å². The Bertz CT molecular complexity index is 447. The molecule has 1 aromatic heterocycles. The van der Waals surface area contributed by atoms with Gasteiger partial charge < -0.3 is 5.11 Å². The normalized spacial score (nSPS) is 11.0. The summed E-state index contributed by atoms with van der Waals surface area (Å²) in [6.45, 7) is 1.91. The van der Waals surface area contributed by atoms with Gasteiger partial charge in [-0.2, -0.15) is 4.39 Å². The van der Waals surface area contributed by atoms with Crippen LogP contribution in [0.15, 0.2) is 18.2 Å². The van der Waals surface area contributed by atoms with Crippen LogP contribution in [0.3, 0.4) is 0 Å². The van der Waals surface area contributed by atoms with Gasteiger partial charge in [0.25, 0.3) is 0 Å². The van der Waals surface area contributed by atoms with Gasteiger partial charge in [0.1, 0.15) is 0 Å². The average Bonchev–Trinajstić information content (AvgIpc) is 2.43. The number of aliphatic hydroxyl groups excluding tert-OH is 1. The number of benzene rings is 1. The second-order valence-electron chi connectivity index (χ2n) is 3.04. The fourth-order valence-corrected chi connectivity index (χ4v) is 2.40. The van der Waals surface area contributed by atoms with E-state index in [-0.39, 0.29) is 11.7 Å². The Morgan fingerprint density at radius 3 is 2.85 bits per heavy atom. The molecule has 2 rings (SSSR count). The van der Waals surface area contributed by atoms with Crippen molar-refractivity contribution in [1.29, 1.82) is 0 Å². The van der Waals surface area contributed by atoms with Crippen molar-refractivity contribution in [3.63, 3.8) is 0 Å². The molecule has 68 valence electrons. The number of hydrogen-bond acceptors (Lipinski definition) is 2. The van der Waals surface area contributed by atoms with Crippen LogP contribution in [0.4, 0.5) is 4.39 Å². The van der Waals surface area contributed by atoms with Gasteiger partial charge in [0, 0.05) is 10.1 Å². The van der Waals surface area contributed by atoms with Crippen LogP contribution in [-0.2, 0) is 6.61 Å². The molecule has 0 atom stereocenters. The van der Waals surface area contributed by atoms with Crippen molar-refractivity contribution in [1.82, 2.24) is 0 Å². The Morgan fingerprint density at radius 2 is 2.15 bits per heavy atom. The first-order valence-corrected chi connectivity index (χ1v) is 4.82. The number of aliphatic hydroxyl groups is 1. The molecular weight excluding hydrogens is 187 g/mol. The fourth-order valence-electron chi connectivity index (χ4n) is 1.46. The highest BCUT2D eigenvalue weighted by Crippen LogP contribution is 2.28. The van der Waals surface area contributed by atoms with E-state index in [1.807, 2.05) is 19.1 Å².